The van der Waals surface area contributed by atoms with Gasteiger partial charge in [-0.3, -0.25) is 4.79 Å². The molecule has 1 heterocycles. The number of rotatable bonds is 6. The smallest absolute Gasteiger partial charge is 0.252 e. The molecule has 0 aliphatic carbocycles. The lowest BCUT2D eigenvalue weighted by Gasteiger charge is -2.31. The molecule has 2 aromatic rings. The Morgan fingerprint density at radius 2 is 1.68 bits per heavy atom. The number of benzene rings is 2. The van der Waals surface area contributed by atoms with E-state index >= 15 is 0 Å². The van der Waals surface area contributed by atoms with E-state index in [1.54, 1.807) is 12.1 Å². The number of carbonyl (C=O) groups is 1. The third-order valence-electron chi connectivity index (χ3n) is 6.07. The van der Waals surface area contributed by atoms with Crippen molar-refractivity contribution in [1.29, 1.82) is 0 Å². The molecule has 2 aromatic carbocycles. The molecule has 1 N–H and O–H groups in total. The van der Waals surface area contributed by atoms with Gasteiger partial charge >= 0.3 is 0 Å². The summed E-state index contributed by atoms with van der Waals surface area (Å²) in [5, 5.41) is 3.11. The van der Waals surface area contributed by atoms with Crippen LogP contribution in [0.15, 0.2) is 41.3 Å². The Bertz CT molecular complexity index is 1060. The second-order valence-corrected chi connectivity index (χ2v) is 10.4. The molecule has 6 nitrogen and oxygen atoms in total. The van der Waals surface area contributed by atoms with E-state index in [9.17, 15) is 13.2 Å². The highest BCUT2D eigenvalue weighted by Gasteiger charge is 2.28. The average Bonchev–Trinajstić information content (AvgIpc) is 2.72. The first kappa shape index (κ1) is 23.4. The highest BCUT2D eigenvalue weighted by Crippen LogP contribution is 2.24. The van der Waals surface area contributed by atoms with Gasteiger partial charge in [-0.1, -0.05) is 36.8 Å². The van der Waals surface area contributed by atoms with Gasteiger partial charge in [0, 0.05) is 31.7 Å². The van der Waals surface area contributed by atoms with Crippen LogP contribution < -0.4 is 5.32 Å². The number of piperazine rings is 1. The molecule has 0 spiro atoms. The van der Waals surface area contributed by atoms with Gasteiger partial charge in [-0.25, -0.2) is 8.42 Å². The van der Waals surface area contributed by atoms with E-state index in [2.05, 4.69) is 22.3 Å². The van der Waals surface area contributed by atoms with Crippen molar-refractivity contribution >= 4 is 15.9 Å². The number of amides is 1. The van der Waals surface area contributed by atoms with Gasteiger partial charge in [-0.05, 0) is 63.1 Å². The number of sulfonamides is 1. The molecule has 1 saturated heterocycles. The molecular formula is C24H33N3O3S. The molecule has 7 heteroatoms. The number of hydrogen-bond acceptors (Lipinski definition) is 4. The molecule has 31 heavy (non-hydrogen) atoms. The van der Waals surface area contributed by atoms with Crippen LogP contribution in [-0.2, 0) is 10.0 Å². The van der Waals surface area contributed by atoms with E-state index in [1.807, 2.05) is 40.8 Å². The fourth-order valence-electron chi connectivity index (χ4n) is 4.04. The molecule has 1 fully saturated rings. The number of likely N-dealkylation sites (N-methyl/N-ethyl adjacent to an activating group) is 1. The molecule has 0 unspecified atom stereocenters. The summed E-state index contributed by atoms with van der Waals surface area (Å²) in [5.74, 6) is -0.250. The molecule has 3 rings (SSSR count). The summed E-state index contributed by atoms with van der Waals surface area (Å²) in [6.45, 7) is 10.3. The maximum atomic E-state index is 13.2. The summed E-state index contributed by atoms with van der Waals surface area (Å²) in [7, 11) is -1.64. The number of hydrogen-bond donors (Lipinski definition) is 1. The Morgan fingerprint density at radius 3 is 2.29 bits per heavy atom. The van der Waals surface area contributed by atoms with E-state index in [0.29, 0.717) is 31.7 Å². The zero-order valence-corrected chi connectivity index (χ0v) is 19.9. The molecule has 1 aliphatic rings. The summed E-state index contributed by atoms with van der Waals surface area (Å²) in [4.78, 5) is 15.4. The van der Waals surface area contributed by atoms with Crippen LogP contribution in [0.2, 0.25) is 0 Å². The monoisotopic (exact) mass is 443 g/mol. The lowest BCUT2D eigenvalue weighted by Crippen LogP contribution is -2.47. The van der Waals surface area contributed by atoms with Crippen LogP contribution in [-0.4, -0.2) is 56.8 Å². The molecule has 1 amide bonds. The van der Waals surface area contributed by atoms with Crippen molar-refractivity contribution in [3.8, 4) is 0 Å². The van der Waals surface area contributed by atoms with Crippen LogP contribution in [0.4, 0.5) is 0 Å². The zero-order chi connectivity index (χ0) is 22.8. The normalized spacial score (nSPS) is 16.8. The minimum absolute atomic E-state index is 0.134. The Labute approximate surface area is 186 Å². The third kappa shape index (κ3) is 5.17. The third-order valence-corrected chi connectivity index (χ3v) is 7.96. The second-order valence-electron chi connectivity index (χ2n) is 8.48. The lowest BCUT2D eigenvalue weighted by atomic mass is 9.97. The van der Waals surface area contributed by atoms with Crippen LogP contribution in [0.1, 0.15) is 52.0 Å². The zero-order valence-electron chi connectivity index (χ0n) is 19.1. The van der Waals surface area contributed by atoms with E-state index in [1.165, 1.54) is 15.9 Å². The molecule has 1 aliphatic heterocycles. The van der Waals surface area contributed by atoms with Crippen molar-refractivity contribution in [3.05, 3.63) is 64.2 Å². The Hall–Kier alpha value is -2.22. The van der Waals surface area contributed by atoms with Gasteiger partial charge in [-0.15, -0.1) is 0 Å². The summed E-state index contributed by atoms with van der Waals surface area (Å²) in [6.07, 6.45) is 0.744. The first-order valence-electron chi connectivity index (χ1n) is 10.8. The predicted octanol–water partition coefficient (Wildman–Crippen LogP) is 3.43. The highest BCUT2D eigenvalue weighted by atomic mass is 32.2. The molecule has 1 atom stereocenters. The van der Waals surface area contributed by atoms with Gasteiger partial charge in [0.2, 0.25) is 10.0 Å². The van der Waals surface area contributed by atoms with Crippen LogP contribution >= 0.6 is 0 Å². The molecule has 168 valence electrons. The Kier molecular flexibility index (Phi) is 7.19. The van der Waals surface area contributed by atoms with Crippen LogP contribution in [0.3, 0.4) is 0 Å². The lowest BCUT2D eigenvalue weighted by molar-refractivity contribution is 0.0934. The Morgan fingerprint density at radius 1 is 1.00 bits per heavy atom. The quantitative estimate of drug-likeness (QED) is 0.743. The van der Waals surface area contributed by atoms with Crippen molar-refractivity contribution in [2.45, 2.75) is 45.1 Å². The first-order chi connectivity index (χ1) is 14.6. The van der Waals surface area contributed by atoms with E-state index in [4.69, 9.17) is 0 Å². The van der Waals surface area contributed by atoms with Crippen molar-refractivity contribution in [3.63, 3.8) is 0 Å². The molecule has 0 aromatic heterocycles. The molecular weight excluding hydrogens is 410 g/mol. The van der Waals surface area contributed by atoms with Gasteiger partial charge < -0.3 is 10.2 Å². The van der Waals surface area contributed by atoms with Crippen molar-refractivity contribution in [2.24, 2.45) is 0 Å². The second kappa shape index (κ2) is 9.51. The molecule has 0 radical (unpaired) electrons. The summed E-state index contributed by atoms with van der Waals surface area (Å²) in [6, 6.07) is 10.9. The highest BCUT2D eigenvalue weighted by molar-refractivity contribution is 7.89. The van der Waals surface area contributed by atoms with Crippen LogP contribution in [0.25, 0.3) is 0 Å². The van der Waals surface area contributed by atoms with Gasteiger partial charge in [-0.2, -0.15) is 4.31 Å². The standard InChI is InChI=1S/C24H33N3O3S/c1-6-23(21-10-7-17(2)15-19(21)4)25-24(28)22-16-20(9-8-18(22)3)31(29,30)27-13-11-26(5)12-14-27/h7-10,15-16,23H,6,11-14H2,1-5H3,(H,25,28)/t23-/m1/s1. The number of nitrogens with zero attached hydrogens (tertiary/aromatic N) is 2. The minimum Gasteiger partial charge on any atom is -0.345 e. The van der Waals surface area contributed by atoms with E-state index in [-0.39, 0.29) is 16.8 Å². The summed E-state index contributed by atoms with van der Waals surface area (Å²) >= 11 is 0. The summed E-state index contributed by atoms with van der Waals surface area (Å²) < 4.78 is 27.8. The van der Waals surface area contributed by atoms with Gasteiger partial charge in [0.25, 0.3) is 5.91 Å². The van der Waals surface area contributed by atoms with Crippen LogP contribution in [0, 0.1) is 20.8 Å². The largest absolute Gasteiger partial charge is 0.345 e. The van der Waals surface area contributed by atoms with E-state index < -0.39 is 10.0 Å². The topological polar surface area (TPSA) is 69.7 Å². The first-order valence-corrected chi connectivity index (χ1v) is 12.2. The van der Waals surface area contributed by atoms with Gasteiger partial charge in [0.15, 0.2) is 0 Å². The van der Waals surface area contributed by atoms with E-state index in [0.717, 1.165) is 23.1 Å². The fourth-order valence-corrected chi connectivity index (χ4v) is 5.48. The maximum Gasteiger partial charge on any atom is 0.252 e. The van der Waals surface area contributed by atoms with Crippen molar-refractivity contribution in [2.75, 3.05) is 33.2 Å². The number of carbonyl (C=O) groups excluding carboxylic acids is 1. The number of aryl methyl sites for hydroxylation is 3. The minimum atomic E-state index is -3.63. The molecule has 0 bridgehead atoms. The fraction of sp³-hybridized carbons (Fsp3) is 0.458. The average molecular weight is 444 g/mol. The van der Waals surface area contributed by atoms with Crippen molar-refractivity contribution in [1.82, 2.24) is 14.5 Å². The number of nitrogens with one attached hydrogen (secondary N) is 1. The van der Waals surface area contributed by atoms with Crippen LogP contribution in [0.5, 0.6) is 0 Å². The Balaban J connectivity index is 1.86. The summed E-state index contributed by atoms with van der Waals surface area (Å²) in [5.41, 5.74) is 4.55. The maximum absolute atomic E-state index is 13.2. The van der Waals surface area contributed by atoms with Gasteiger partial charge in [0.05, 0.1) is 10.9 Å². The van der Waals surface area contributed by atoms with Gasteiger partial charge in [0.1, 0.15) is 0 Å². The SMILES string of the molecule is CC[C@@H](NC(=O)c1cc(S(=O)(=O)N2CCN(C)CC2)ccc1C)c1ccc(C)cc1C. The van der Waals surface area contributed by atoms with Crippen molar-refractivity contribution < 1.29 is 13.2 Å². The molecule has 0 saturated carbocycles. The predicted molar refractivity (Wildman–Crippen MR) is 124 cm³/mol.